The predicted molar refractivity (Wildman–Crippen MR) is 195 cm³/mol. The highest BCUT2D eigenvalue weighted by molar-refractivity contribution is 7.89. The number of hydrogen-bond donors (Lipinski definition) is 2. The van der Waals surface area contributed by atoms with Gasteiger partial charge >= 0.3 is 6.09 Å². The molecule has 0 spiro atoms. The van der Waals surface area contributed by atoms with Crippen molar-refractivity contribution < 1.29 is 27.5 Å². The molecule has 2 aliphatic rings. The second kappa shape index (κ2) is 14.5. The van der Waals surface area contributed by atoms with E-state index in [1.54, 1.807) is 52.2 Å². The zero-order chi connectivity index (χ0) is 37.4. The quantitative estimate of drug-likeness (QED) is 0.209. The van der Waals surface area contributed by atoms with Gasteiger partial charge in [-0.25, -0.2) is 33.1 Å². The van der Waals surface area contributed by atoms with Crippen molar-refractivity contribution in [2.45, 2.75) is 69.2 Å². The Morgan fingerprint density at radius 2 is 1.63 bits per heavy atom. The Balaban J connectivity index is 1.31. The van der Waals surface area contributed by atoms with E-state index in [0.29, 0.717) is 12.1 Å². The van der Waals surface area contributed by atoms with Crippen molar-refractivity contribution in [3.05, 3.63) is 83.0 Å². The average molecular weight is 770 g/mol. The van der Waals surface area contributed by atoms with Crippen molar-refractivity contribution in [3.63, 3.8) is 0 Å². The summed E-state index contributed by atoms with van der Waals surface area (Å²) in [5.41, 5.74) is 0.596. The Morgan fingerprint density at radius 3 is 2.29 bits per heavy atom. The SMILES string of the molecule is CC(C)(C)OC(=O)NCCNC(=O)C1CCCN1S(=O)(=O)c1cnc2n1C(C)(Cc1ccc(-c3cncnc3)cc1)C(=O)N2c1cc(Cl)cc(Cl)c1. The van der Waals surface area contributed by atoms with Crippen molar-refractivity contribution in [1.82, 2.24) is 34.5 Å². The molecule has 1 saturated heterocycles. The Hall–Kier alpha value is -4.57. The molecule has 0 saturated carbocycles. The van der Waals surface area contributed by atoms with Crippen molar-refractivity contribution in [1.29, 1.82) is 0 Å². The lowest BCUT2D eigenvalue weighted by molar-refractivity contribution is -0.125. The fourth-order valence-electron chi connectivity index (χ4n) is 6.47. The summed E-state index contributed by atoms with van der Waals surface area (Å²) in [5.74, 6) is -0.888. The van der Waals surface area contributed by atoms with Crippen LogP contribution in [0.15, 0.2) is 72.4 Å². The second-order valence-corrected chi connectivity index (χ2v) is 16.5. The molecule has 6 rings (SSSR count). The second-order valence-electron chi connectivity index (χ2n) is 13.8. The Morgan fingerprint density at radius 1 is 0.981 bits per heavy atom. The molecule has 274 valence electrons. The molecule has 52 heavy (non-hydrogen) atoms. The number of carbonyl (C=O) groups excluding carboxylic acids is 3. The molecule has 2 aromatic carbocycles. The fourth-order valence-corrected chi connectivity index (χ4v) is 8.83. The van der Waals surface area contributed by atoms with E-state index in [-0.39, 0.29) is 53.5 Å². The zero-order valence-corrected chi connectivity index (χ0v) is 31.3. The number of nitrogens with one attached hydrogen (secondary N) is 2. The number of halogens is 2. The van der Waals surface area contributed by atoms with Crippen molar-refractivity contribution in [3.8, 4) is 11.1 Å². The molecule has 4 aromatic rings. The predicted octanol–water partition coefficient (Wildman–Crippen LogP) is 5.08. The van der Waals surface area contributed by atoms with Crippen LogP contribution in [0.4, 0.5) is 16.4 Å². The lowest BCUT2D eigenvalue weighted by Crippen LogP contribution is -2.48. The van der Waals surface area contributed by atoms with Gasteiger partial charge in [0.05, 0.1) is 11.9 Å². The number of fused-ring (bicyclic) bond motifs is 1. The largest absolute Gasteiger partial charge is 0.444 e. The van der Waals surface area contributed by atoms with Crippen LogP contribution in [0.5, 0.6) is 0 Å². The van der Waals surface area contributed by atoms with E-state index in [9.17, 15) is 22.8 Å². The number of amides is 3. The number of aromatic nitrogens is 4. The highest BCUT2D eigenvalue weighted by atomic mass is 35.5. The molecule has 0 radical (unpaired) electrons. The Labute approximate surface area is 311 Å². The van der Waals surface area contributed by atoms with Crippen LogP contribution in [-0.4, -0.2) is 81.4 Å². The van der Waals surface area contributed by atoms with E-state index in [2.05, 4.69) is 25.6 Å². The van der Waals surface area contributed by atoms with Crippen molar-refractivity contribution >= 4 is 62.8 Å². The maximum Gasteiger partial charge on any atom is 0.407 e. The van der Waals surface area contributed by atoms with Gasteiger partial charge in [0, 0.05) is 54.1 Å². The maximum atomic E-state index is 14.6. The molecule has 14 nitrogen and oxygen atoms in total. The minimum Gasteiger partial charge on any atom is -0.444 e. The van der Waals surface area contributed by atoms with E-state index in [4.69, 9.17) is 27.9 Å². The molecule has 2 atom stereocenters. The first-order valence-electron chi connectivity index (χ1n) is 16.6. The third kappa shape index (κ3) is 7.49. The molecule has 4 heterocycles. The van der Waals surface area contributed by atoms with E-state index < -0.39 is 45.1 Å². The Bertz CT molecular complexity index is 2090. The summed E-state index contributed by atoms with van der Waals surface area (Å²) in [5, 5.41) is 5.61. The van der Waals surface area contributed by atoms with Gasteiger partial charge in [0.25, 0.3) is 15.9 Å². The first kappa shape index (κ1) is 37.2. The van der Waals surface area contributed by atoms with Gasteiger partial charge < -0.3 is 15.4 Å². The van der Waals surface area contributed by atoms with Crippen LogP contribution in [-0.2, 0) is 36.3 Å². The summed E-state index contributed by atoms with van der Waals surface area (Å²) in [4.78, 5) is 53.8. The van der Waals surface area contributed by atoms with Crippen LogP contribution in [0.3, 0.4) is 0 Å². The van der Waals surface area contributed by atoms with Gasteiger partial charge in [-0.1, -0.05) is 47.5 Å². The maximum absolute atomic E-state index is 14.6. The normalized spacial score (nSPS) is 19.1. The van der Waals surface area contributed by atoms with Crippen LogP contribution in [0.2, 0.25) is 10.0 Å². The van der Waals surface area contributed by atoms with Gasteiger partial charge in [-0.05, 0) is 69.9 Å². The van der Waals surface area contributed by atoms with E-state index in [1.165, 1.54) is 28.1 Å². The summed E-state index contributed by atoms with van der Waals surface area (Å²) in [6, 6.07) is 11.1. The molecular formula is C35H38Cl2N8O6S. The van der Waals surface area contributed by atoms with Crippen LogP contribution in [0.1, 0.15) is 46.1 Å². The van der Waals surface area contributed by atoms with Crippen LogP contribution in [0, 0.1) is 0 Å². The number of carbonyl (C=O) groups is 3. The lowest BCUT2D eigenvalue weighted by atomic mass is 9.91. The first-order chi connectivity index (χ1) is 24.6. The van der Waals surface area contributed by atoms with Crippen molar-refractivity contribution in [2.24, 2.45) is 0 Å². The number of anilines is 2. The molecule has 2 N–H and O–H groups in total. The lowest BCUT2D eigenvalue weighted by Gasteiger charge is -2.29. The first-order valence-corrected chi connectivity index (χ1v) is 18.8. The summed E-state index contributed by atoms with van der Waals surface area (Å²) in [6.45, 7) is 7.10. The van der Waals surface area contributed by atoms with Crippen LogP contribution < -0.4 is 15.5 Å². The number of sulfonamides is 1. The molecule has 3 amide bonds. The van der Waals surface area contributed by atoms with E-state index >= 15 is 0 Å². The number of nitrogens with zero attached hydrogens (tertiary/aromatic N) is 6. The minimum atomic E-state index is -4.39. The molecular weight excluding hydrogens is 731 g/mol. The molecule has 2 unspecified atom stereocenters. The van der Waals surface area contributed by atoms with E-state index in [0.717, 1.165) is 21.0 Å². The van der Waals surface area contributed by atoms with Crippen molar-refractivity contribution in [2.75, 3.05) is 24.5 Å². The third-order valence-electron chi connectivity index (χ3n) is 8.74. The third-order valence-corrected chi connectivity index (χ3v) is 11.0. The standard InChI is InChI=1S/C35H38Cl2N8O6S/c1-34(2,3)51-33(48)41-12-11-40-30(46)28-6-5-13-43(28)52(49,50)29-20-42-32-44(27-15-25(36)14-26(37)16-27)31(47)35(4,45(29)32)17-22-7-9-23(10-8-22)24-18-38-21-39-19-24/h7-10,14-16,18-21,28H,5-6,11-13,17H2,1-4H3,(H,40,46)(H,41,48). The number of ether oxygens (including phenoxy) is 1. The molecule has 2 aromatic heterocycles. The number of benzene rings is 2. The number of hydrogen-bond acceptors (Lipinski definition) is 9. The van der Waals surface area contributed by atoms with E-state index in [1.807, 2.05) is 24.3 Å². The number of rotatable bonds is 10. The molecule has 0 bridgehead atoms. The average Bonchev–Trinajstić information content (AvgIpc) is 3.80. The van der Waals surface area contributed by atoms with Crippen LogP contribution in [0.25, 0.3) is 11.1 Å². The highest BCUT2D eigenvalue weighted by Crippen LogP contribution is 2.45. The monoisotopic (exact) mass is 768 g/mol. The summed E-state index contributed by atoms with van der Waals surface area (Å²) >= 11 is 12.7. The molecule has 1 fully saturated rings. The molecule has 0 aliphatic carbocycles. The van der Waals surface area contributed by atoms with Gasteiger partial charge in [0.15, 0.2) is 5.03 Å². The fraction of sp³-hybridized carbons (Fsp3) is 0.371. The number of imidazole rings is 1. The number of alkyl carbamates (subject to hydrolysis) is 1. The molecule has 2 aliphatic heterocycles. The van der Waals surface area contributed by atoms with Gasteiger partial charge in [0.2, 0.25) is 11.9 Å². The van der Waals surface area contributed by atoms with Gasteiger partial charge in [-0.3, -0.25) is 14.2 Å². The minimum absolute atomic E-state index is 0.0599. The Kier molecular flexibility index (Phi) is 10.3. The van der Waals surface area contributed by atoms with Gasteiger partial charge in [-0.15, -0.1) is 0 Å². The summed E-state index contributed by atoms with van der Waals surface area (Å²) in [7, 11) is -4.39. The highest BCUT2D eigenvalue weighted by Gasteiger charge is 2.53. The summed E-state index contributed by atoms with van der Waals surface area (Å²) < 4.78 is 36.9. The summed E-state index contributed by atoms with van der Waals surface area (Å²) in [6.07, 6.45) is 6.24. The topological polar surface area (TPSA) is 169 Å². The smallest absolute Gasteiger partial charge is 0.407 e. The zero-order valence-electron chi connectivity index (χ0n) is 29.0. The molecule has 17 heteroatoms. The van der Waals surface area contributed by atoms with Gasteiger partial charge in [-0.2, -0.15) is 4.31 Å². The van der Waals surface area contributed by atoms with Gasteiger partial charge in [0.1, 0.15) is 23.5 Å². The van der Waals surface area contributed by atoms with Crippen LogP contribution >= 0.6 is 23.2 Å².